The number of nitrogens with zero attached hydrogens (tertiary/aromatic N) is 2. The quantitative estimate of drug-likeness (QED) is 0.618. The molecule has 1 aliphatic rings. The lowest BCUT2D eigenvalue weighted by Crippen LogP contribution is -2.54. The molecular formula is C16H24N4O6S2. The van der Waals surface area contributed by atoms with Crippen molar-refractivity contribution in [3.05, 3.63) is 24.3 Å². The monoisotopic (exact) mass is 432 g/mol. The van der Waals surface area contributed by atoms with Gasteiger partial charge in [0, 0.05) is 38.8 Å². The maximum atomic E-state index is 12.5. The van der Waals surface area contributed by atoms with E-state index in [0.29, 0.717) is 5.69 Å². The molecule has 0 unspecified atom stereocenters. The predicted molar refractivity (Wildman–Crippen MR) is 104 cm³/mol. The van der Waals surface area contributed by atoms with Gasteiger partial charge < -0.3 is 10.2 Å². The van der Waals surface area contributed by atoms with Crippen molar-refractivity contribution in [3.63, 3.8) is 0 Å². The number of sulfonamides is 2. The van der Waals surface area contributed by atoms with Crippen molar-refractivity contribution in [1.82, 2.24) is 13.9 Å². The Labute approximate surface area is 165 Å². The largest absolute Gasteiger partial charge is 0.339 e. The van der Waals surface area contributed by atoms with E-state index in [9.17, 15) is 26.4 Å². The van der Waals surface area contributed by atoms with Crippen LogP contribution < -0.4 is 10.0 Å². The van der Waals surface area contributed by atoms with Crippen LogP contribution in [0.3, 0.4) is 0 Å². The minimum absolute atomic E-state index is 0.0388. The van der Waals surface area contributed by atoms with E-state index in [4.69, 9.17) is 0 Å². The van der Waals surface area contributed by atoms with Crippen LogP contribution in [-0.2, 0) is 29.6 Å². The number of hydrogen-bond acceptors (Lipinski definition) is 6. The van der Waals surface area contributed by atoms with Crippen LogP contribution in [0, 0.1) is 0 Å². The van der Waals surface area contributed by atoms with Gasteiger partial charge in [0.1, 0.15) is 0 Å². The van der Waals surface area contributed by atoms with Gasteiger partial charge in [0.2, 0.25) is 31.9 Å². The van der Waals surface area contributed by atoms with Crippen molar-refractivity contribution < 1.29 is 26.4 Å². The van der Waals surface area contributed by atoms with Gasteiger partial charge in [0.15, 0.2) is 0 Å². The maximum Gasteiger partial charge on any atom is 0.241 e. The normalized spacial score (nSPS) is 17.2. The highest BCUT2D eigenvalue weighted by molar-refractivity contribution is 7.89. The summed E-state index contributed by atoms with van der Waals surface area (Å²) in [4.78, 5) is 24.9. The number of piperazine rings is 1. The highest BCUT2D eigenvalue weighted by Gasteiger charge is 2.30. The predicted octanol–water partition coefficient (Wildman–Crippen LogP) is -0.584. The van der Waals surface area contributed by atoms with E-state index < -0.39 is 32.0 Å². The van der Waals surface area contributed by atoms with Crippen LogP contribution in [0.5, 0.6) is 0 Å². The van der Waals surface area contributed by atoms with E-state index >= 15 is 0 Å². The van der Waals surface area contributed by atoms with Gasteiger partial charge >= 0.3 is 0 Å². The molecule has 1 aromatic rings. The molecule has 12 heteroatoms. The zero-order valence-electron chi connectivity index (χ0n) is 15.9. The molecule has 10 nitrogen and oxygen atoms in total. The van der Waals surface area contributed by atoms with Gasteiger partial charge in [-0.2, -0.15) is 9.03 Å². The standard InChI is InChI=1S/C16H24N4O6S2/c1-12(16(22)19-8-10-20(11-9-19)27(3,23)24)18-28(25,26)15-6-4-14(5-7-15)17-13(2)21/h4-7,12,18H,8-11H2,1-3H3,(H,17,21)/t12-/m0/s1. The van der Waals surface area contributed by atoms with Crippen molar-refractivity contribution in [3.8, 4) is 0 Å². The molecule has 2 N–H and O–H groups in total. The fourth-order valence-electron chi connectivity index (χ4n) is 2.79. The highest BCUT2D eigenvalue weighted by atomic mass is 32.2. The van der Waals surface area contributed by atoms with Crippen molar-refractivity contribution in [2.75, 3.05) is 37.8 Å². The summed E-state index contributed by atoms with van der Waals surface area (Å²) in [7, 11) is -7.25. The molecule has 1 fully saturated rings. The van der Waals surface area contributed by atoms with Gasteiger partial charge in [-0.25, -0.2) is 16.8 Å². The molecule has 0 saturated carbocycles. The number of anilines is 1. The van der Waals surface area contributed by atoms with Gasteiger partial charge in [-0.05, 0) is 31.2 Å². The van der Waals surface area contributed by atoms with Gasteiger partial charge in [-0.15, -0.1) is 0 Å². The second-order valence-corrected chi connectivity index (χ2v) is 10.2. The SMILES string of the molecule is CC(=O)Nc1ccc(S(=O)(=O)N[C@@H](C)C(=O)N2CCN(S(C)(=O)=O)CC2)cc1. The molecule has 28 heavy (non-hydrogen) atoms. The van der Waals surface area contributed by atoms with E-state index in [0.717, 1.165) is 6.26 Å². The molecule has 0 bridgehead atoms. The van der Waals surface area contributed by atoms with Crippen molar-refractivity contribution in [2.45, 2.75) is 24.8 Å². The Hall–Kier alpha value is -2.02. The second-order valence-electron chi connectivity index (χ2n) is 6.54. The van der Waals surface area contributed by atoms with Gasteiger partial charge in [-0.3, -0.25) is 9.59 Å². The molecule has 0 radical (unpaired) electrons. The van der Waals surface area contributed by atoms with E-state index in [1.807, 2.05) is 0 Å². The highest BCUT2D eigenvalue weighted by Crippen LogP contribution is 2.15. The first kappa shape index (κ1) is 22.3. The van der Waals surface area contributed by atoms with Crippen LogP contribution in [0.25, 0.3) is 0 Å². The number of rotatable bonds is 6. The number of benzene rings is 1. The smallest absolute Gasteiger partial charge is 0.241 e. The summed E-state index contributed by atoms with van der Waals surface area (Å²) in [6.07, 6.45) is 1.11. The third-order valence-corrected chi connectivity index (χ3v) is 7.07. The van der Waals surface area contributed by atoms with Crippen LogP contribution in [0.2, 0.25) is 0 Å². The summed E-state index contributed by atoms with van der Waals surface area (Å²) in [6.45, 7) is 3.53. The maximum absolute atomic E-state index is 12.5. The Morgan fingerprint density at radius 3 is 2.00 bits per heavy atom. The molecule has 1 aromatic carbocycles. The first-order valence-electron chi connectivity index (χ1n) is 8.54. The van der Waals surface area contributed by atoms with E-state index in [1.165, 1.54) is 47.3 Å². The molecule has 1 saturated heterocycles. The Balaban J connectivity index is 2.00. The fraction of sp³-hybridized carbons (Fsp3) is 0.500. The molecule has 1 heterocycles. The van der Waals surface area contributed by atoms with E-state index in [2.05, 4.69) is 10.0 Å². The molecule has 1 atom stereocenters. The minimum Gasteiger partial charge on any atom is -0.339 e. The summed E-state index contributed by atoms with van der Waals surface area (Å²) in [6, 6.07) is 4.55. The topological polar surface area (TPSA) is 133 Å². The fourth-order valence-corrected chi connectivity index (χ4v) is 4.81. The first-order chi connectivity index (χ1) is 12.9. The summed E-state index contributed by atoms with van der Waals surface area (Å²) < 4.78 is 51.7. The number of carbonyl (C=O) groups excluding carboxylic acids is 2. The Bertz CT molecular complexity index is 936. The zero-order chi connectivity index (χ0) is 21.1. The van der Waals surface area contributed by atoms with Crippen molar-refractivity contribution >= 4 is 37.5 Å². The Kier molecular flexibility index (Phi) is 6.80. The van der Waals surface area contributed by atoms with Gasteiger partial charge in [0.05, 0.1) is 17.2 Å². The molecule has 1 aliphatic heterocycles. The lowest BCUT2D eigenvalue weighted by molar-refractivity contribution is -0.133. The average molecular weight is 433 g/mol. The first-order valence-corrected chi connectivity index (χ1v) is 11.9. The second kappa shape index (κ2) is 8.55. The van der Waals surface area contributed by atoms with Crippen LogP contribution in [0.1, 0.15) is 13.8 Å². The van der Waals surface area contributed by atoms with Crippen LogP contribution >= 0.6 is 0 Å². The molecule has 156 valence electrons. The average Bonchev–Trinajstić information content (AvgIpc) is 2.60. The third kappa shape index (κ3) is 5.74. The molecule has 2 amide bonds. The molecule has 2 rings (SSSR count). The van der Waals surface area contributed by atoms with Gasteiger partial charge in [0.25, 0.3) is 0 Å². The summed E-state index contributed by atoms with van der Waals surface area (Å²) in [5.41, 5.74) is 0.458. The summed E-state index contributed by atoms with van der Waals surface area (Å²) in [5, 5.41) is 2.54. The number of hydrogen-bond donors (Lipinski definition) is 2. The Morgan fingerprint density at radius 2 is 1.54 bits per heavy atom. The molecule has 0 aliphatic carbocycles. The van der Waals surface area contributed by atoms with Crippen LogP contribution in [0.15, 0.2) is 29.2 Å². The molecule has 0 spiro atoms. The summed E-state index contributed by atoms with van der Waals surface area (Å²) >= 11 is 0. The zero-order valence-corrected chi connectivity index (χ0v) is 17.5. The number of carbonyl (C=O) groups is 2. The summed E-state index contributed by atoms with van der Waals surface area (Å²) in [5.74, 6) is -0.699. The third-order valence-electron chi connectivity index (χ3n) is 4.21. The van der Waals surface area contributed by atoms with Crippen molar-refractivity contribution in [2.24, 2.45) is 0 Å². The van der Waals surface area contributed by atoms with Crippen molar-refractivity contribution in [1.29, 1.82) is 0 Å². The molecular weight excluding hydrogens is 408 g/mol. The van der Waals surface area contributed by atoms with Crippen LogP contribution in [-0.4, -0.2) is 76.3 Å². The van der Waals surface area contributed by atoms with Gasteiger partial charge in [-0.1, -0.05) is 0 Å². The number of amides is 2. The van der Waals surface area contributed by atoms with Crippen LogP contribution in [0.4, 0.5) is 5.69 Å². The van der Waals surface area contributed by atoms with E-state index in [1.54, 1.807) is 0 Å². The van der Waals surface area contributed by atoms with E-state index in [-0.39, 0.29) is 37.0 Å². The lowest BCUT2D eigenvalue weighted by atomic mass is 10.2. The minimum atomic E-state index is -3.94. The number of nitrogens with one attached hydrogen (secondary N) is 2. The molecule has 0 aromatic heterocycles. The Morgan fingerprint density at radius 1 is 1.00 bits per heavy atom. The lowest BCUT2D eigenvalue weighted by Gasteiger charge is -2.34.